The van der Waals surface area contributed by atoms with E-state index in [2.05, 4.69) is 69.4 Å². The van der Waals surface area contributed by atoms with Crippen molar-refractivity contribution in [3.63, 3.8) is 0 Å². The summed E-state index contributed by atoms with van der Waals surface area (Å²) in [6, 6.07) is 0. The lowest BCUT2D eigenvalue weighted by molar-refractivity contribution is -0.167. The molecule has 0 aliphatic carbocycles. The second-order valence-electron chi connectivity index (χ2n) is 12.5. The Morgan fingerprint density at radius 3 is 1.51 bits per heavy atom. The number of carbonyl (C=O) groups is 3. The molecule has 0 rings (SSSR count). The lowest BCUT2D eigenvalue weighted by Gasteiger charge is -2.18. The lowest BCUT2D eigenvalue weighted by Crippen LogP contribution is -2.30. The van der Waals surface area contributed by atoms with E-state index in [4.69, 9.17) is 14.2 Å². The molecule has 0 heterocycles. The Hall–Kier alpha value is -2.63. The molecule has 270 valence electrons. The van der Waals surface area contributed by atoms with Gasteiger partial charge < -0.3 is 14.2 Å². The van der Waals surface area contributed by atoms with Crippen LogP contribution in [0.4, 0.5) is 0 Å². The predicted molar refractivity (Wildman–Crippen MR) is 196 cm³/mol. The molecule has 0 aliphatic heterocycles. The summed E-state index contributed by atoms with van der Waals surface area (Å²) in [5.74, 6) is -0.974. The number of unbranched alkanes of at least 4 members (excludes halogenated alkanes) is 15. The van der Waals surface area contributed by atoms with Gasteiger partial charge in [0.1, 0.15) is 13.2 Å². The molecule has 0 fully saturated rings. The molecular weight excluding hydrogens is 588 g/mol. The molecule has 0 saturated carbocycles. The molecule has 6 nitrogen and oxygen atoms in total. The highest BCUT2D eigenvalue weighted by molar-refractivity contribution is 5.71. The maximum Gasteiger partial charge on any atom is 0.306 e. The van der Waals surface area contributed by atoms with E-state index in [-0.39, 0.29) is 37.5 Å². The zero-order valence-electron chi connectivity index (χ0n) is 30.5. The Kier molecular flexibility index (Phi) is 34.2. The van der Waals surface area contributed by atoms with Gasteiger partial charge in [-0.2, -0.15) is 0 Å². The van der Waals surface area contributed by atoms with E-state index in [0.717, 1.165) is 77.0 Å². The van der Waals surface area contributed by atoms with Crippen LogP contribution in [-0.2, 0) is 28.6 Å². The number of carbonyl (C=O) groups excluding carboxylic acids is 3. The predicted octanol–water partition coefficient (Wildman–Crippen LogP) is 11.6. The van der Waals surface area contributed by atoms with Crippen molar-refractivity contribution in [1.82, 2.24) is 0 Å². The van der Waals surface area contributed by atoms with Crippen molar-refractivity contribution >= 4 is 17.9 Å². The highest BCUT2D eigenvalue weighted by Gasteiger charge is 2.19. The molecule has 0 amide bonds. The topological polar surface area (TPSA) is 78.9 Å². The summed E-state index contributed by atoms with van der Waals surface area (Å²) in [5.41, 5.74) is 0. The van der Waals surface area contributed by atoms with Crippen molar-refractivity contribution in [2.45, 2.75) is 181 Å². The molecule has 0 bridgehead atoms. The van der Waals surface area contributed by atoms with Crippen LogP contribution >= 0.6 is 0 Å². The molecule has 0 spiro atoms. The molecule has 1 atom stereocenters. The van der Waals surface area contributed by atoms with Crippen LogP contribution in [0.5, 0.6) is 0 Å². The van der Waals surface area contributed by atoms with Crippen LogP contribution < -0.4 is 0 Å². The van der Waals surface area contributed by atoms with Gasteiger partial charge in [-0.1, -0.05) is 140 Å². The fourth-order valence-corrected chi connectivity index (χ4v) is 4.92. The van der Waals surface area contributed by atoms with Crippen molar-refractivity contribution < 1.29 is 28.6 Å². The van der Waals surface area contributed by atoms with Crippen LogP contribution in [0, 0.1) is 0 Å². The monoisotopic (exact) mass is 659 g/mol. The van der Waals surface area contributed by atoms with Crippen LogP contribution in [0.3, 0.4) is 0 Å². The molecule has 0 aliphatic rings. The summed E-state index contributed by atoms with van der Waals surface area (Å²) in [4.78, 5) is 37.3. The number of esters is 3. The second kappa shape index (κ2) is 36.2. The maximum atomic E-state index is 12.5. The first-order valence-electron chi connectivity index (χ1n) is 19.2. The minimum atomic E-state index is -0.792. The van der Waals surface area contributed by atoms with Crippen molar-refractivity contribution in [1.29, 1.82) is 0 Å². The van der Waals surface area contributed by atoms with Crippen molar-refractivity contribution in [3.8, 4) is 0 Å². The van der Waals surface area contributed by atoms with E-state index in [9.17, 15) is 14.4 Å². The van der Waals surface area contributed by atoms with Crippen LogP contribution in [0.2, 0.25) is 0 Å². The van der Waals surface area contributed by atoms with Gasteiger partial charge in [-0.15, -0.1) is 0 Å². The van der Waals surface area contributed by atoms with Gasteiger partial charge in [0.05, 0.1) is 0 Å². The Morgan fingerprint density at radius 1 is 0.468 bits per heavy atom. The summed E-state index contributed by atoms with van der Waals surface area (Å²) >= 11 is 0. The Balaban J connectivity index is 4.46. The molecule has 47 heavy (non-hydrogen) atoms. The SMILES string of the molecule is CC/C=C\C/C=C\CCCCC(=O)OC(COC(=O)CCCCC/C=C\C=C/CCCC)COC(=O)CCCCCCCCCCC. The summed E-state index contributed by atoms with van der Waals surface area (Å²) in [7, 11) is 0. The third-order valence-electron chi connectivity index (χ3n) is 7.85. The van der Waals surface area contributed by atoms with Crippen molar-refractivity contribution in [2.75, 3.05) is 13.2 Å². The zero-order valence-corrected chi connectivity index (χ0v) is 30.5. The molecular formula is C41H70O6. The Bertz CT molecular complexity index is 856. The number of ether oxygens (including phenoxy) is 3. The summed E-state index contributed by atoms with van der Waals surface area (Å²) in [5, 5.41) is 0. The Morgan fingerprint density at radius 2 is 0.915 bits per heavy atom. The molecule has 6 heteroatoms. The average Bonchev–Trinajstić information content (AvgIpc) is 3.06. The van der Waals surface area contributed by atoms with Gasteiger partial charge in [0.15, 0.2) is 6.10 Å². The minimum absolute atomic E-state index is 0.0947. The first-order chi connectivity index (χ1) is 23.0. The summed E-state index contributed by atoms with van der Waals surface area (Å²) in [6.45, 7) is 6.34. The smallest absolute Gasteiger partial charge is 0.306 e. The first-order valence-corrected chi connectivity index (χ1v) is 19.2. The quantitative estimate of drug-likeness (QED) is 0.0229. The van der Waals surface area contributed by atoms with Crippen LogP contribution in [0.1, 0.15) is 175 Å². The molecule has 1 unspecified atom stereocenters. The maximum absolute atomic E-state index is 12.5. The molecule has 0 N–H and O–H groups in total. The molecule has 0 radical (unpaired) electrons. The van der Waals surface area contributed by atoms with E-state index in [1.54, 1.807) is 0 Å². The first kappa shape index (κ1) is 44.4. The van der Waals surface area contributed by atoms with Crippen LogP contribution in [0.15, 0.2) is 48.6 Å². The highest BCUT2D eigenvalue weighted by atomic mass is 16.6. The van der Waals surface area contributed by atoms with E-state index in [1.807, 2.05) is 0 Å². The minimum Gasteiger partial charge on any atom is -0.462 e. The largest absolute Gasteiger partial charge is 0.462 e. The van der Waals surface area contributed by atoms with Gasteiger partial charge in [-0.3, -0.25) is 14.4 Å². The normalized spacial score (nSPS) is 12.5. The van der Waals surface area contributed by atoms with Crippen molar-refractivity contribution in [2.24, 2.45) is 0 Å². The summed E-state index contributed by atoms with van der Waals surface area (Å²) < 4.78 is 16.5. The van der Waals surface area contributed by atoms with E-state index in [0.29, 0.717) is 19.3 Å². The average molecular weight is 659 g/mol. The fourth-order valence-electron chi connectivity index (χ4n) is 4.92. The number of allylic oxidation sites excluding steroid dienone is 8. The molecule has 0 aromatic carbocycles. The van der Waals surface area contributed by atoms with Gasteiger partial charge in [-0.05, 0) is 64.2 Å². The van der Waals surface area contributed by atoms with E-state index < -0.39 is 6.10 Å². The van der Waals surface area contributed by atoms with E-state index in [1.165, 1.54) is 51.4 Å². The van der Waals surface area contributed by atoms with Gasteiger partial charge in [-0.25, -0.2) is 0 Å². The van der Waals surface area contributed by atoms with Gasteiger partial charge >= 0.3 is 17.9 Å². The van der Waals surface area contributed by atoms with Crippen LogP contribution in [0.25, 0.3) is 0 Å². The Labute approximate surface area is 288 Å². The van der Waals surface area contributed by atoms with E-state index >= 15 is 0 Å². The highest BCUT2D eigenvalue weighted by Crippen LogP contribution is 2.12. The molecule has 0 aromatic heterocycles. The fraction of sp³-hybridized carbons (Fsp3) is 0.732. The molecule has 0 aromatic rings. The zero-order chi connectivity index (χ0) is 34.5. The van der Waals surface area contributed by atoms with Gasteiger partial charge in [0.2, 0.25) is 0 Å². The number of hydrogen-bond donors (Lipinski definition) is 0. The van der Waals surface area contributed by atoms with Crippen molar-refractivity contribution in [3.05, 3.63) is 48.6 Å². The van der Waals surface area contributed by atoms with Gasteiger partial charge in [0, 0.05) is 19.3 Å². The number of hydrogen-bond acceptors (Lipinski definition) is 6. The third kappa shape index (κ3) is 34.5. The van der Waals surface area contributed by atoms with Crippen LogP contribution in [-0.4, -0.2) is 37.2 Å². The number of rotatable bonds is 33. The lowest BCUT2D eigenvalue weighted by atomic mass is 10.1. The molecule has 0 saturated heterocycles. The second-order valence-corrected chi connectivity index (χ2v) is 12.5. The summed E-state index contributed by atoms with van der Waals surface area (Å²) in [6.07, 6.45) is 39.7. The van der Waals surface area contributed by atoms with Gasteiger partial charge in [0.25, 0.3) is 0 Å². The third-order valence-corrected chi connectivity index (χ3v) is 7.85. The standard InChI is InChI=1S/C41H70O6/c1-4-7-10-13-16-19-20-23-25-28-31-34-40(43)46-37-38(47-41(44)35-32-29-26-22-18-15-12-9-6-3)36-45-39(42)33-30-27-24-21-17-14-11-8-5-2/h9,12-13,16,18-20,22,38H,4-8,10-11,14-15,17,21,23-37H2,1-3H3/b12-9-,16-13-,20-19-,22-18-.